The molecule has 4 rings (SSSR count). The van der Waals surface area contributed by atoms with Crippen molar-refractivity contribution in [2.24, 2.45) is 0 Å². The summed E-state index contributed by atoms with van der Waals surface area (Å²) in [6.07, 6.45) is 3.92. The van der Waals surface area contributed by atoms with Crippen LogP contribution in [0.2, 0.25) is 0 Å². The van der Waals surface area contributed by atoms with Crippen molar-refractivity contribution in [1.82, 2.24) is 10.2 Å². The average molecular weight is 454 g/mol. The number of nitrogens with one attached hydrogen (secondary N) is 2. The van der Waals surface area contributed by atoms with Crippen molar-refractivity contribution in [3.05, 3.63) is 83.8 Å². The third-order valence-corrected chi connectivity index (χ3v) is 7.11. The Morgan fingerprint density at radius 2 is 1.75 bits per heavy atom. The van der Waals surface area contributed by atoms with Gasteiger partial charge in [-0.1, -0.05) is 18.2 Å². The van der Waals surface area contributed by atoms with Crippen LogP contribution in [0.1, 0.15) is 40.6 Å². The highest BCUT2D eigenvalue weighted by atomic mass is 32.2. The zero-order valence-electron chi connectivity index (χ0n) is 18.0. The van der Waals surface area contributed by atoms with Crippen molar-refractivity contribution in [1.29, 1.82) is 0 Å². The smallest absolute Gasteiger partial charge is 0.261 e. The monoisotopic (exact) mass is 453 g/mol. The van der Waals surface area contributed by atoms with E-state index in [1.807, 2.05) is 31.2 Å². The van der Waals surface area contributed by atoms with E-state index in [4.69, 9.17) is 4.42 Å². The van der Waals surface area contributed by atoms with Crippen LogP contribution >= 0.6 is 0 Å². The van der Waals surface area contributed by atoms with Gasteiger partial charge in [0.15, 0.2) is 0 Å². The number of hydrogen-bond acceptors (Lipinski definition) is 5. The van der Waals surface area contributed by atoms with Crippen molar-refractivity contribution >= 4 is 21.6 Å². The second-order valence-corrected chi connectivity index (χ2v) is 9.61. The molecule has 1 fully saturated rings. The van der Waals surface area contributed by atoms with E-state index in [2.05, 4.69) is 14.9 Å². The standard InChI is InChI=1S/C24H27N3O4S/c1-18-7-2-3-8-21(18)26-32(29,30)20-12-10-19(11-13-20)24(28)25-17-22(23-9-6-16-31-23)27-14-4-5-15-27/h2-3,6-13,16,22,26H,4-5,14-15,17H2,1H3,(H,25,28). The fraction of sp³-hybridized carbons (Fsp3) is 0.292. The number of carbonyl (C=O) groups is 1. The molecule has 1 aliphatic rings. The van der Waals surface area contributed by atoms with E-state index >= 15 is 0 Å². The summed E-state index contributed by atoms with van der Waals surface area (Å²) >= 11 is 0. The van der Waals surface area contributed by atoms with E-state index < -0.39 is 10.0 Å². The molecule has 0 saturated carbocycles. The zero-order chi connectivity index (χ0) is 22.6. The minimum Gasteiger partial charge on any atom is -0.468 e. The molecule has 168 valence electrons. The third-order valence-electron chi connectivity index (χ3n) is 5.73. The maximum atomic E-state index is 12.7. The Bertz CT molecular complexity index is 1150. The van der Waals surface area contributed by atoms with E-state index in [1.54, 1.807) is 18.4 Å². The molecular formula is C24H27N3O4S. The first kappa shape index (κ1) is 22.1. The number of benzene rings is 2. The molecule has 7 nitrogen and oxygen atoms in total. The maximum Gasteiger partial charge on any atom is 0.261 e. The fourth-order valence-electron chi connectivity index (χ4n) is 3.91. The number of furan rings is 1. The molecule has 1 aromatic heterocycles. The molecule has 0 aliphatic carbocycles. The predicted octanol–water partition coefficient (Wildman–Crippen LogP) is 3.96. The first-order valence-electron chi connectivity index (χ1n) is 10.7. The lowest BCUT2D eigenvalue weighted by Crippen LogP contribution is -2.36. The van der Waals surface area contributed by atoms with Gasteiger partial charge in [-0.2, -0.15) is 0 Å². The van der Waals surface area contributed by atoms with E-state index in [0.29, 0.717) is 17.8 Å². The number of amides is 1. The number of carbonyl (C=O) groups excluding carboxylic acids is 1. The summed E-state index contributed by atoms with van der Waals surface area (Å²) < 4.78 is 33.6. The summed E-state index contributed by atoms with van der Waals surface area (Å²) in [6.45, 7) is 4.20. The first-order valence-corrected chi connectivity index (χ1v) is 12.2. The molecular weight excluding hydrogens is 426 g/mol. The Labute approximate surface area is 188 Å². The molecule has 2 heterocycles. The van der Waals surface area contributed by atoms with E-state index in [-0.39, 0.29) is 16.8 Å². The second-order valence-electron chi connectivity index (χ2n) is 7.93. The van der Waals surface area contributed by atoms with E-state index in [1.165, 1.54) is 24.3 Å². The van der Waals surface area contributed by atoms with Crippen LogP contribution in [0.4, 0.5) is 5.69 Å². The quantitative estimate of drug-likeness (QED) is 0.539. The number of anilines is 1. The highest BCUT2D eigenvalue weighted by Gasteiger charge is 2.26. The molecule has 1 unspecified atom stereocenters. The Kier molecular flexibility index (Phi) is 6.62. The molecule has 1 atom stereocenters. The number of aryl methyl sites for hydroxylation is 1. The molecule has 1 saturated heterocycles. The topological polar surface area (TPSA) is 91.6 Å². The number of hydrogen-bond donors (Lipinski definition) is 2. The van der Waals surface area contributed by atoms with Gasteiger partial charge in [-0.25, -0.2) is 8.42 Å². The minimum absolute atomic E-state index is 0.0191. The number of rotatable bonds is 8. The Morgan fingerprint density at radius 1 is 1.03 bits per heavy atom. The predicted molar refractivity (Wildman–Crippen MR) is 123 cm³/mol. The molecule has 32 heavy (non-hydrogen) atoms. The number of para-hydroxylation sites is 1. The Balaban J connectivity index is 1.42. The number of sulfonamides is 1. The maximum absolute atomic E-state index is 12.7. The largest absolute Gasteiger partial charge is 0.468 e. The highest BCUT2D eigenvalue weighted by Crippen LogP contribution is 2.25. The van der Waals surface area contributed by atoms with Crippen molar-refractivity contribution in [2.45, 2.75) is 30.7 Å². The van der Waals surface area contributed by atoms with Crippen LogP contribution in [0.3, 0.4) is 0 Å². The van der Waals surface area contributed by atoms with Crippen LogP contribution in [0.25, 0.3) is 0 Å². The Hall–Kier alpha value is -3.10. The van der Waals surface area contributed by atoms with Crippen LogP contribution in [0, 0.1) is 6.92 Å². The molecule has 1 amide bonds. The normalized spacial score (nSPS) is 15.4. The SMILES string of the molecule is Cc1ccccc1NS(=O)(=O)c1ccc(C(=O)NCC(c2ccco2)N2CCCC2)cc1. The van der Waals surface area contributed by atoms with Crippen LogP contribution in [0.5, 0.6) is 0 Å². The van der Waals surface area contributed by atoms with Gasteiger partial charge in [0.05, 0.1) is 22.9 Å². The molecule has 2 aromatic carbocycles. The summed E-state index contributed by atoms with van der Waals surface area (Å²) in [5.41, 5.74) is 1.76. The summed E-state index contributed by atoms with van der Waals surface area (Å²) in [7, 11) is -3.75. The van der Waals surface area contributed by atoms with Gasteiger partial charge in [0, 0.05) is 12.1 Å². The molecule has 0 spiro atoms. The van der Waals surface area contributed by atoms with E-state index in [0.717, 1.165) is 37.3 Å². The lowest BCUT2D eigenvalue weighted by Gasteiger charge is -2.26. The van der Waals surface area contributed by atoms with Gasteiger partial charge in [0.2, 0.25) is 0 Å². The molecule has 0 bridgehead atoms. The van der Waals surface area contributed by atoms with Gasteiger partial charge in [0.1, 0.15) is 5.76 Å². The first-order chi connectivity index (χ1) is 15.4. The molecule has 0 radical (unpaired) electrons. The van der Waals surface area contributed by atoms with Crippen LogP contribution < -0.4 is 10.0 Å². The van der Waals surface area contributed by atoms with Gasteiger partial charge < -0.3 is 9.73 Å². The van der Waals surface area contributed by atoms with Gasteiger partial charge in [0.25, 0.3) is 15.9 Å². The van der Waals surface area contributed by atoms with Gasteiger partial charge in [-0.05, 0) is 80.9 Å². The van der Waals surface area contributed by atoms with Crippen LogP contribution in [-0.4, -0.2) is 38.9 Å². The van der Waals surface area contributed by atoms with Gasteiger partial charge in [-0.3, -0.25) is 14.4 Å². The Morgan fingerprint density at radius 3 is 2.41 bits per heavy atom. The number of nitrogens with zero attached hydrogens (tertiary/aromatic N) is 1. The summed E-state index contributed by atoms with van der Waals surface area (Å²) in [6, 6.07) is 16.9. The summed E-state index contributed by atoms with van der Waals surface area (Å²) in [4.78, 5) is 15.1. The van der Waals surface area contributed by atoms with Crippen LogP contribution in [0.15, 0.2) is 76.2 Å². The van der Waals surface area contributed by atoms with Gasteiger partial charge in [-0.15, -0.1) is 0 Å². The summed E-state index contributed by atoms with van der Waals surface area (Å²) in [5, 5.41) is 2.96. The molecule has 3 aromatic rings. The zero-order valence-corrected chi connectivity index (χ0v) is 18.8. The summed E-state index contributed by atoms with van der Waals surface area (Å²) in [5.74, 6) is 0.576. The molecule has 8 heteroatoms. The molecule has 2 N–H and O–H groups in total. The molecule has 1 aliphatic heterocycles. The average Bonchev–Trinajstić information content (AvgIpc) is 3.50. The van der Waals surface area contributed by atoms with Crippen molar-refractivity contribution in [3.8, 4) is 0 Å². The highest BCUT2D eigenvalue weighted by molar-refractivity contribution is 7.92. The van der Waals surface area contributed by atoms with Crippen molar-refractivity contribution < 1.29 is 17.6 Å². The van der Waals surface area contributed by atoms with Crippen LogP contribution in [-0.2, 0) is 10.0 Å². The van der Waals surface area contributed by atoms with Gasteiger partial charge >= 0.3 is 0 Å². The van der Waals surface area contributed by atoms with Crippen molar-refractivity contribution in [3.63, 3.8) is 0 Å². The fourth-order valence-corrected chi connectivity index (χ4v) is 5.04. The van der Waals surface area contributed by atoms with E-state index in [9.17, 15) is 13.2 Å². The number of likely N-dealkylation sites (tertiary alicyclic amines) is 1. The third kappa shape index (κ3) is 5.03. The lowest BCUT2D eigenvalue weighted by atomic mass is 10.1. The van der Waals surface area contributed by atoms with Crippen molar-refractivity contribution in [2.75, 3.05) is 24.4 Å². The second kappa shape index (κ2) is 9.58. The minimum atomic E-state index is -3.75. The lowest BCUT2D eigenvalue weighted by molar-refractivity contribution is 0.0933.